The van der Waals surface area contributed by atoms with Gasteiger partial charge in [0.1, 0.15) is 5.56 Å². The fraction of sp³-hybridized carbons (Fsp3) is 0.143. The molecule has 0 saturated carbocycles. The molecule has 0 unspecified atom stereocenters. The number of aromatic amines is 1. The van der Waals surface area contributed by atoms with Gasteiger partial charge in [0.05, 0.1) is 11.3 Å². The number of nitrogens with two attached hydrogens (primary N) is 1. The third-order valence-electron chi connectivity index (χ3n) is 1.60. The normalized spacial score (nSPS) is 10.6. The molecule has 0 aliphatic rings. The van der Waals surface area contributed by atoms with E-state index in [0.717, 1.165) is 6.20 Å². The van der Waals surface area contributed by atoms with Crippen molar-refractivity contribution in [1.29, 1.82) is 0 Å². The number of pyridine rings is 1. The number of aromatic nitrogens is 1. The number of carbonyl (C=O) groups excluding carboxylic acids is 1. The van der Waals surface area contributed by atoms with Crippen LogP contribution < -0.4 is 11.3 Å². The second kappa shape index (κ2) is 3.75. The smallest absolute Gasteiger partial charge is 0.271 e. The van der Waals surface area contributed by atoms with Gasteiger partial charge in [-0.05, 0) is 11.6 Å². The highest BCUT2D eigenvalue weighted by atomic mass is 35.5. The van der Waals surface area contributed by atoms with Crippen LogP contribution in [0.3, 0.4) is 0 Å². The molecular weight excluding hydrogens is 218 g/mol. The van der Waals surface area contributed by atoms with Crippen molar-refractivity contribution in [3.63, 3.8) is 0 Å². The first-order chi connectivity index (χ1) is 6.45. The monoisotopic (exact) mass is 222 g/mol. The Balaban J connectivity index is 3.49. The molecule has 1 aromatic heterocycles. The summed E-state index contributed by atoms with van der Waals surface area (Å²) in [4.78, 5) is 23.5. The lowest BCUT2D eigenvalue weighted by atomic mass is 10.1. The minimum Gasteiger partial charge on any atom is -0.397 e. The quantitative estimate of drug-likeness (QED) is 0.740. The first kappa shape index (κ1) is 10.6. The van der Waals surface area contributed by atoms with Crippen LogP contribution in [0, 0.1) is 0 Å². The Morgan fingerprint density at radius 1 is 1.57 bits per heavy atom. The van der Waals surface area contributed by atoms with E-state index in [2.05, 4.69) is 0 Å². The summed E-state index contributed by atoms with van der Waals surface area (Å²) in [5.74, 6) is 0. The molecule has 0 aromatic carbocycles. The van der Waals surface area contributed by atoms with Crippen molar-refractivity contribution in [3.8, 4) is 0 Å². The number of alkyl halides is 2. The molecule has 1 aromatic rings. The number of halogens is 3. The summed E-state index contributed by atoms with van der Waals surface area (Å²) >= 11 is 5.05. The highest BCUT2D eigenvalue weighted by molar-refractivity contribution is 6.68. The summed E-state index contributed by atoms with van der Waals surface area (Å²) in [7, 11) is 0. The summed E-state index contributed by atoms with van der Waals surface area (Å²) in [5.41, 5.74) is 2.31. The van der Waals surface area contributed by atoms with Crippen molar-refractivity contribution in [2.75, 3.05) is 5.73 Å². The number of hydrogen-bond acceptors (Lipinski definition) is 3. The summed E-state index contributed by atoms with van der Waals surface area (Å²) in [5, 5.41) is -0.999. The summed E-state index contributed by atoms with van der Waals surface area (Å²) in [6.07, 6.45) is -2.14. The minimum atomic E-state index is -3.05. The molecule has 0 spiro atoms. The number of nitrogen functional groups attached to an aromatic ring is 1. The Morgan fingerprint density at radius 2 is 2.14 bits per heavy atom. The van der Waals surface area contributed by atoms with Crippen LogP contribution in [0.4, 0.5) is 14.5 Å². The van der Waals surface area contributed by atoms with Gasteiger partial charge in [0.2, 0.25) is 0 Å². The fourth-order valence-electron chi connectivity index (χ4n) is 0.940. The molecule has 0 bridgehead atoms. The number of hydrogen-bond donors (Lipinski definition) is 2. The molecule has 14 heavy (non-hydrogen) atoms. The molecule has 3 N–H and O–H groups in total. The molecule has 0 radical (unpaired) electrons. The van der Waals surface area contributed by atoms with Gasteiger partial charge in [-0.25, -0.2) is 8.78 Å². The van der Waals surface area contributed by atoms with E-state index in [9.17, 15) is 18.4 Å². The number of H-pyrrole nitrogens is 1. The van der Waals surface area contributed by atoms with Crippen molar-refractivity contribution in [3.05, 3.63) is 27.7 Å². The van der Waals surface area contributed by atoms with E-state index < -0.39 is 28.5 Å². The van der Waals surface area contributed by atoms with Crippen molar-refractivity contribution >= 4 is 22.5 Å². The van der Waals surface area contributed by atoms with Crippen LogP contribution >= 0.6 is 11.6 Å². The number of nitrogens with one attached hydrogen (secondary N) is 1. The van der Waals surface area contributed by atoms with E-state index in [1.807, 2.05) is 4.98 Å². The van der Waals surface area contributed by atoms with Crippen molar-refractivity contribution in [2.24, 2.45) is 0 Å². The SMILES string of the molecule is Nc1c(C(=O)Cl)c[nH]c(=O)c1C(F)F. The Bertz CT molecular complexity index is 430. The molecule has 76 valence electrons. The lowest BCUT2D eigenvalue weighted by molar-refractivity contribution is 0.108. The standard InChI is InChI=1S/C7H5ClF2N2O2/c8-5(13)2-1-12-7(14)3(4(2)11)6(9)10/h1,6H,(H3,11,12,14). The predicted octanol–water partition coefficient (Wildman–Crippen LogP) is 1.27. The summed E-state index contributed by atoms with van der Waals surface area (Å²) in [6.45, 7) is 0. The first-order valence-electron chi connectivity index (χ1n) is 3.44. The van der Waals surface area contributed by atoms with Crippen LogP contribution in [0.1, 0.15) is 22.3 Å². The minimum absolute atomic E-state index is 0.332. The number of anilines is 1. The molecule has 0 aliphatic heterocycles. The molecule has 0 amide bonds. The largest absolute Gasteiger partial charge is 0.397 e. The van der Waals surface area contributed by atoms with Gasteiger partial charge in [0.15, 0.2) is 0 Å². The van der Waals surface area contributed by atoms with Gasteiger partial charge in [-0.3, -0.25) is 9.59 Å². The van der Waals surface area contributed by atoms with Crippen LogP contribution in [0.2, 0.25) is 0 Å². The van der Waals surface area contributed by atoms with Gasteiger partial charge in [-0.1, -0.05) is 0 Å². The predicted molar refractivity (Wildman–Crippen MR) is 46.6 cm³/mol. The molecule has 1 rings (SSSR count). The van der Waals surface area contributed by atoms with E-state index in [1.54, 1.807) is 0 Å². The van der Waals surface area contributed by atoms with Gasteiger partial charge < -0.3 is 10.7 Å². The van der Waals surface area contributed by atoms with Gasteiger partial charge in [0.25, 0.3) is 17.2 Å². The van der Waals surface area contributed by atoms with Crippen molar-refractivity contribution in [2.45, 2.75) is 6.43 Å². The average molecular weight is 223 g/mol. The molecule has 0 fully saturated rings. The van der Waals surface area contributed by atoms with Gasteiger partial charge >= 0.3 is 0 Å². The zero-order chi connectivity index (χ0) is 10.9. The maximum Gasteiger partial charge on any atom is 0.271 e. The van der Waals surface area contributed by atoms with Crippen LogP contribution in [-0.2, 0) is 0 Å². The summed E-state index contributed by atoms with van der Waals surface area (Å²) in [6, 6.07) is 0. The molecule has 1 heterocycles. The molecule has 0 atom stereocenters. The Morgan fingerprint density at radius 3 is 2.57 bits per heavy atom. The average Bonchev–Trinajstić information content (AvgIpc) is 2.02. The van der Waals surface area contributed by atoms with E-state index in [1.165, 1.54) is 0 Å². The second-order valence-electron chi connectivity index (χ2n) is 2.43. The van der Waals surface area contributed by atoms with Crippen LogP contribution in [0.15, 0.2) is 11.0 Å². The van der Waals surface area contributed by atoms with E-state index in [-0.39, 0.29) is 5.56 Å². The maximum absolute atomic E-state index is 12.3. The molecule has 0 aliphatic carbocycles. The zero-order valence-electron chi connectivity index (χ0n) is 6.68. The first-order valence-corrected chi connectivity index (χ1v) is 3.82. The van der Waals surface area contributed by atoms with E-state index in [0.29, 0.717) is 0 Å². The maximum atomic E-state index is 12.3. The van der Waals surface area contributed by atoms with Crippen molar-refractivity contribution in [1.82, 2.24) is 4.98 Å². The van der Waals surface area contributed by atoms with E-state index >= 15 is 0 Å². The fourth-order valence-corrected chi connectivity index (χ4v) is 1.10. The Labute approximate surface area is 81.7 Å². The second-order valence-corrected chi connectivity index (χ2v) is 2.78. The summed E-state index contributed by atoms with van der Waals surface area (Å²) < 4.78 is 24.6. The lowest BCUT2D eigenvalue weighted by Crippen LogP contribution is -2.18. The van der Waals surface area contributed by atoms with E-state index in [4.69, 9.17) is 17.3 Å². The highest BCUT2D eigenvalue weighted by Crippen LogP contribution is 2.24. The van der Waals surface area contributed by atoms with Crippen LogP contribution in [-0.4, -0.2) is 10.2 Å². The zero-order valence-corrected chi connectivity index (χ0v) is 7.44. The Kier molecular flexibility index (Phi) is 2.85. The number of carbonyl (C=O) groups is 1. The van der Waals surface area contributed by atoms with Crippen LogP contribution in [0.25, 0.3) is 0 Å². The van der Waals surface area contributed by atoms with Gasteiger partial charge in [-0.15, -0.1) is 0 Å². The highest BCUT2D eigenvalue weighted by Gasteiger charge is 2.20. The third-order valence-corrected chi connectivity index (χ3v) is 1.81. The van der Waals surface area contributed by atoms with Gasteiger partial charge in [-0.2, -0.15) is 0 Å². The lowest BCUT2D eigenvalue weighted by Gasteiger charge is -2.05. The molecule has 4 nitrogen and oxygen atoms in total. The molecule has 7 heteroatoms. The number of rotatable bonds is 2. The van der Waals surface area contributed by atoms with Crippen LogP contribution in [0.5, 0.6) is 0 Å². The van der Waals surface area contributed by atoms with Gasteiger partial charge in [0, 0.05) is 6.20 Å². The third kappa shape index (κ3) is 1.74. The molecule has 0 saturated heterocycles. The molecular formula is C7H5ClF2N2O2. The van der Waals surface area contributed by atoms with Crippen molar-refractivity contribution < 1.29 is 13.6 Å². The Hall–Kier alpha value is -1.43. The topological polar surface area (TPSA) is 76.0 Å².